The summed E-state index contributed by atoms with van der Waals surface area (Å²) in [6.45, 7) is 1.83. The summed E-state index contributed by atoms with van der Waals surface area (Å²) < 4.78 is 0. The molecule has 0 aromatic heterocycles. The van der Waals surface area contributed by atoms with Crippen LogP contribution in [0.3, 0.4) is 0 Å². The molecule has 3 aromatic rings. The SMILES string of the molecule is O=C1N(c2ccc(-c3ccccc3)cc2)C(c2ccccc2)C12CCNCC2. The quantitative estimate of drug-likeness (QED) is 0.673. The van der Waals surface area contributed by atoms with Crippen molar-refractivity contribution in [3.63, 3.8) is 0 Å². The van der Waals surface area contributed by atoms with Gasteiger partial charge in [0, 0.05) is 5.69 Å². The van der Waals surface area contributed by atoms with Gasteiger partial charge in [0.1, 0.15) is 0 Å². The summed E-state index contributed by atoms with van der Waals surface area (Å²) in [5, 5.41) is 3.41. The molecule has 1 atom stereocenters. The molecule has 1 amide bonds. The number of nitrogens with zero attached hydrogens (tertiary/aromatic N) is 1. The summed E-state index contributed by atoms with van der Waals surface area (Å²) in [5.74, 6) is 0.273. The fraction of sp³-hybridized carbons (Fsp3) is 0.240. The highest BCUT2D eigenvalue weighted by atomic mass is 16.2. The van der Waals surface area contributed by atoms with E-state index in [0.717, 1.165) is 31.6 Å². The third-order valence-electron chi connectivity index (χ3n) is 6.29. The monoisotopic (exact) mass is 368 g/mol. The number of anilines is 1. The Balaban J connectivity index is 1.51. The van der Waals surface area contributed by atoms with Gasteiger partial charge in [-0.3, -0.25) is 4.79 Å². The van der Waals surface area contributed by atoms with Crippen molar-refractivity contribution in [2.75, 3.05) is 18.0 Å². The molecule has 3 aromatic carbocycles. The van der Waals surface area contributed by atoms with E-state index in [4.69, 9.17) is 0 Å². The number of piperidine rings is 1. The molecule has 0 radical (unpaired) electrons. The lowest BCUT2D eigenvalue weighted by atomic mass is 9.62. The minimum Gasteiger partial charge on any atom is -0.317 e. The van der Waals surface area contributed by atoms with Gasteiger partial charge in [-0.05, 0) is 54.8 Å². The summed E-state index contributed by atoms with van der Waals surface area (Å²) in [6, 6.07) is 29.4. The fourth-order valence-corrected chi connectivity index (χ4v) is 4.83. The van der Waals surface area contributed by atoms with Crippen LogP contribution in [0.2, 0.25) is 0 Å². The van der Waals surface area contributed by atoms with Crippen LogP contribution >= 0.6 is 0 Å². The third-order valence-corrected chi connectivity index (χ3v) is 6.29. The predicted octanol–water partition coefficient (Wildman–Crippen LogP) is 4.81. The van der Waals surface area contributed by atoms with Crippen LogP contribution in [0.4, 0.5) is 5.69 Å². The molecule has 1 unspecified atom stereocenters. The molecule has 140 valence electrons. The molecule has 2 fully saturated rings. The van der Waals surface area contributed by atoms with Crippen molar-refractivity contribution in [2.24, 2.45) is 5.41 Å². The molecule has 0 bridgehead atoms. The largest absolute Gasteiger partial charge is 0.317 e. The first-order valence-electron chi connectivity index (χ1n) is 10.0. The molecule has 2 heterocycles. The van der Waals surface area contributed by atoms with Gasteiger partial charge >= 0.3 is 0 Å². The smallest absolute Gasteiger partial charge is 0.236 e. The minimum atomic E-state index is -0.259. The van der Waals surface area contributed by atoms with E-state index >= 15 is 0 Å². The topological polar surface area (TPSA) is 32.3 Å². The first-order valence-corrected chi connectivity index (χ1v) is 10.0. The van der Waals surface area contributed by atoms with Gasteiger partial charge in [-0.1, -0.05) is 72.8 Å². The summed E-state index contributed by atoms with van der Waals surface area (Å²) in [7, 11) is 0. The summed E-state index contributed by atoms with van der Waals surface area (Å²) in [5.41, 5.74) is 4.33. The van der Waals surface area contributed by atoms with Crippen LogP contribution in [-0.2, 0) is 4.79 Å². The van der Waals surface area contributed by atoms with Crippen LogP contribution in [-0.4, -0.2) is 19.0 Å². The number of hydrogen-bond acceptors (Lipinski definition) is 2. The number of carbonyl (C=O) groups is 1. The molecule has 0 aliphatic carbocycles. The van der Waals surface area contributed by atoms with Crippen molar-refractivity contribution < 1.29 is 4.79 Å². The first kappa shape index (κ1) is 17.2. The Morgan fingerprint density at radius 2 is 1.32 bits per heavy atom. The first-order chi connectivity index (χ1) is 13.8. The van der Waals surface area contributed by atoms with Crippen molar-refractivity contribution in [1.82, 2.24) is 5.32 Å². The number of benzene rings is 3. The van der Waals surface area contributed by atoms with Crippen LogP contribution in [0.15, 0.2) is 84.9 Å². The molecule has 0 saturated carbocycles. The minimum absolute atomic E-state index is 0.117. The van der Waals surface area contributed by atoms with E-state index in [0.29, 0.717) is 0 Å². The van der Waals surface area contributed by atoms with Gasteiger partial charge in [-0.2, -0.15) is 0 Å². The van der Waals surface area contributed by atoms with Crippen LogP contribution in [0.25, 0.3) is 11.1 Å². The third kappa shape index (κ3) is 2.66. The van der Waals surface area contributed by atoms with Gasteiger partial charge < -0.3 is 10.2 Å². The van der Waals surface area contributed by atoms with Crippen LogP contribution in [0.5, 0.6) is 0 Å². The second-order valence-electron chi connectivity index (χ2n) is 7.81. The van der Waals surface area contributed by atoms with E-state index in [9.17, 15) is 4.79 Å². The zero-order chi connectivity index (χ0) is 19.0. The van der Waals surface area contributed by atoms with Crippen molar-refractivity contribution in [3.05, 3.63) is 90.5 Å². The molecule has 28 heavy (non-hydrogen) atoms. The second-order valence-corrected chi connectivity index (χ2v) is 7.81. The van der Waals surface area contributed by atoms with Gasteiger partial charge in [0.05, 0.1) is 11.5 Å². The fourth-order valence-electron chi connectivity index (χ4n) is 4.83. The summed E-state index contributed by atoms with van der Waals surface area (Å²) in [6.07, 6.45) is 1.81. The van der Waals surface area contributed by atoms with Crippen LogP contribution < -0.4 is 10.2 Å². The number of carbonyl (C=O) groups excluding carboxylic acids is 1. The van der Waals surface area contributed by atoms with Gasteiger partial charge in [0.15, 0.2) is 0 Å². The van der Waals surface area contributed by atoms with E-state index in [1.807, 2.05) is 17.0 Å². The number of rotatable bonds is 3. The van der Waals surface area contributed by atoms with Gasteiger partial charge in [0.2, 0.25) is 5.91 Å². The molecule has 5 rings (SSSR count). The molecule has 3 nitrogen and oxygen atoms in total. The highest BCUT2D eigenvalue weighted by Gasteiger charge is 2.61. The Labute approximate surface area is 166 Å². The van der Waals surface area contributed by atoms with E-state index < -0.39 is 0 Å². The van der Waals surface area contributed by atoms with Crippen molar-refractivity contribution in [3.8, 4) is 11.1 Å². The van der Waals surface area contributed by atoms with Crippen molar-refractivity contribution >= 4 is 11.6 Å². The van der Waals surface area contributed by atoms with E-state index in [1.165, 1.54) is 16.7 Å². The van der Waals surface area contributed by atoms with E-state index in [2.05, 4.69) is 78.1 Å². The average Bonchev–Trinajstić information content (AvgIpc) is 2.79. The van der Waals surface area contributed by atoms with E-state index in [1.54, 1.807) is 0 Å². The Bertz CT molecular complexity index is 960. The zero-order valence-electron chi connectivity index (χ0n) is 15.8. The highest BCUT2D eigenvalue weighted by Crippen LogP contribution is 2.56. The molecular weight excluding hydrogens is 344 g/mol. The van der Waals surface area contributed by atoms with Crippen LogP contribution in [0.1, 0.15) is 24.4 Å². The Morgan fingerprint density at radius 3 is 1.96 bits per heavy atom. The maximum atomic E-state index is 13.4. The summed E-state index contributed by atoms with van der Waals surface area (Å²) >= 11 is 0. The van der Waals surface area contributed by atoms with Crippen molar-refractivity contribution in [2.45, 2.75) is 18.9 Å². The molecule has 2 aliphatic heterocycles. The summed E-state index contributed by atoms with van der Waals surface area (Å²) in [4.78, 5) is 15.4. The van der Waals surface area contributed by atoms with Gasteiger partial charge in [0.25, 0.3) is 0 Å². The Hall–Kier alpha value is -2.91. The zero-order valence-corrected chi connectivity index (χ0v) is 15.8. The maximum Gasteiger partial charge on any atom is 0.236 e. The lowest BCUT2D eigenvalue weighted by Crippen LogP contribution is -2.66. The molecule has 1 N–H and O–H groups in total. The lowest BCUT2D eigenvalue weighted by Gasteiger charge is -2.58. The predicted molar refractivity (Wildman–Crippen MR) is 113 cm³/mol. The number of β-lactam (4-membered cyclic amide) rings is 1. The molecule has 3 heteroatoms. The molecular formula is C25H24N2O. The standard InChI is InChI=1S/C25H24N2O/c28-24-25(15-17-26-18-16-25)23(21-9-5-2-6-10-21)27(24)22-13-11-20(12-14-22)19-7-3-1-4-8-19/h1-14,23,26H,15-18H2. The normalized spacial score (nSPS) is 20.8. The van der Waals surface area contributed by atoms with Crippen LogP contribution in [0, 0.1) is 5.41 Å². The van der Waals surface area contributed by atoms with Gasteiger partial charge in [-0.25, -0.2) is 0 Å². The Morgan fingerprint density at radius 1 is 0.750 bits per heavy atom. The highest BCUT2D eigenvalue weighted by molar-refractivity contribution is 6.06. The molecule has 1 spiro atoms. The number of nitrogens with one attached hydrogen (secondary N) is 1. The van der Waals surface area contributed by atoms with Crippen molar-refractivity contribution in [1.29, 1.82) is 0 Å². The Kier molecular flexibility index (Phi) is 4.25. The molecule has 2 saturated heterocycles. The number of amides is 1. The average molecular weight is 368 g/mol. The number of hydrogen-bond donors (Lipinski definition) is 1. The van der Waals surface area contributed by atoms with E-state index in [-0.39, 0.29) is 17.4 Å². The van der Waals surface area contributed by atoms with Gasteiger partial charge in [-0.15, -0.1) is 0 Å². The lowest BCUT2D eigenvalue weighted by molar-refractivity contribution is -0.142. The maximum absolute atomic E-state index is 13.4. The second kappa shape index (κ2) is 6.92. The molecule has 2 aliphatic rings.